The van der Waals surface area contributed by atoms with Crippen molar-refractivity contribution in [2.45, 2.75) is 32.0 Å². The topological polar surface area (TPSA) is 42.0 Å². The molecule has 0 aliphatic rings. The fourth-order valence-corrected chi connectivity index (χ4v) is 3.34. The van der Waals surface area contributed by atoms with Crippen molar-refractivity contribution in [1.29, 1.82) is 0 Å². The first-order valence-electron chi connectivity index (χ1n) is 7.59. The molecule has 0 spiro atoms. The zero-order valence-electron chi connectivity index (χ0n) is 14.2. The number of thioether (sulfide) groups is 1. The van der Waals surface area contributed by atoms with E-state index < -0.39 is 11.7 Å². The van der Waals surface area contributed by atoms with Crippen LogP contribution in [0.3, 0.4) is 0 Å². The fraction of sp³-hybridized carbons (Fsp3) is 0.412. The fourth-order valence-electron chi connectivity index (χ4n) is 2.49. The highest BCUT2D eigenvalue weighted by molar-refractivity contribution is 7.98. The maximum Gasteiger partial charge on any atom is 0.418 e. The van der Waals surface area contributed by atoms with Gasteiger partial charge in [-0.25, -0.2) is 4.98 Å². The molecule has 2 aromatic rings. The smallest absolute Gasteiger partial charge is 0.384 e. The SMILES string of the molecule is CSc1nc2c(C(F)(F)F)cc(Cl)cc2c(NCC(C)C)c1C(C)=O. The number of alkyl halides is 3. The summed E-state index contributed by atoms with van der Waals surface area (Å²) in [7, 11) is 0. The zero-order chi connectivity index (χ0) is 18.9. The Morgan fingerprint density at radius 2 is 2.00 bits per heavy atom. The second-order valence-corrected chi connectivity index (χ2v) is 7.28. The van der Waals surface area contributed by atoms with Crippen LogP contribution in [0.4, 0.5) is 18.9 Å². The number of pyridine rings is 1. The Kier molecular flexibility index (Phi) is 5.89. The first kappa shape index (κ1) is 19.8. The molecule has 25 heavy (non-hydrogen) atoms. The van der Waals surface area contributed by atoms with Crippen molar-refractivity contribution in [2.24, 2.45) is 5.92 Å². The van der Waals surface area contributed by atoms with Crippen molar-refractivity contribution in [3.05, 3.63) is 28.3 Å². The summed E-state index contributed by atoms with van der Waals surface area (Å²) in [6.45, 7) is 5.81. The van der Waals surface area contributed by atoms with Gasteiger partial charge in [0.1, 0.15) is 5.03 Å². The average Bonchev–Trinajstić information content (AvgIpc) is 2.49. The Hall–Kier alpha value is -1.47. The molecule has 0 radical (unpaired) electrons. The highest BCUT2D eigenvalue weighted by atomic mass is 35.5. The molecule has 1 aromatic heterocycles. The minimum atomic E-state index is -4.60. The summed E-state index contributed by atoms with van der Waals surface area (Å²) in [4.78, 5) is 16.3. The summed E-state index contributed by atoms with van der Waals surface area (Å²) in [5, 5.41) is 3.52. The first-order valence-corrected chi connectivity index (χ1v) is 9.19. The Morgan fingerprint density at radius 3 is 2.48 bits per heavy atom. The number of halogens is 4. The van der Waals surface area contributed by atoms with Crippen LogP contribution in [0.2, 0.25) is 5.02 Å². The third-order valence-electron chi connectivity index (χ3n) is 3.56. The molecular formula is C17H18ClF3N2OS. The summed E-state index contributed by atoms with van der Waals surface area (Å²) in [6, 6.07) is 2.28. The number of carbonyl (C=O) groups is 1. The van der Waals surface area contributed by atoms with Crippen molar-refractivity contribution >= 4 is 45.7 Å². The largest absolute Gasteiger partial charge is 0.418 e. The van der Waals surface area contributed by atoms with E-state index >= 15 is 0 Å². The maximum atomic E-state index is 13.4. The van der Waals surface area contributed by atoms with Crippen LogP contribution >= 0.6 is 23.4 Å². The molecule has 8 heteroatoms. The summed E-state index contributed by atoms with van der Waals surface area (Å²) >= 11 is 7.06. The van der Waals surface area contributed by atoms with Gasteiger partial charge in [0.15, 0.2) is 5.78 Å². The molecular weight excluding hydrogens is 373 g/mol. The van der Waals surface area contributed by atoms with Gasteiger partial charge >= 0.3 is 6.18 Å². The van der Waals surface area contributed by atoms with Crippen molar-refractivity contribution < 1.29 is 18.0 Å². The number of hydrogen-bond donors (Lipinski definition) is 1. The molecule has 0 aliphatic carbocycles. The number of aromatic nitrogens is 1. The van der Waals surface area contributed by atoms with E-state index in [9.17, 15) is 18.0 Å². The molecule has 0 unspecified atom stereocenters. The minimum absolute atomic E-state index is 0.0550. The van der Waals surface area contributed by atoms with Gasteiger partial charge in [-0.3, -0.25) is 4.79 Å². The third kappa shape index (κ3) is 4.20. The van der Waals surface area contributed by atoms with Gasteiger partial charge < -0.3 is 5.32 Å². The van der Waals surface area contributed by atoms with Crippen molar-refractivity contribution in [3.63, 3.8) is 0 Å². The lowest BCUT2D eigenvalue weighted by Gasteiger charge is -2.19. The van der Waals surface area contributed by atoms with Crippen LogP contribution in [0.25, 0.3) is 10.9 Å². The van der Waals surface area contributed by atoms with E-state index in [-0.39, 0.29) is 38.2 Å². The highest BCUT2D eigenvalue weighted by Gasteiger charge is 2.35. The lowest BCUT2D eigenvalue weighted by Crippen LogP contribution is -2.15. The standard InChI is InChI=1S/C17H18ClF3N2OS/c1-8(2)7-22-15-11-5-10(18)6-12(17(19,20)21)14(11)23-16(25-4)13(15)9(3)24/h5-6,8H,7H2,1-4H3,(H,22,23). The number of hydrogen-bond acceptors (Lipinski definition) is 4. The molecule has 0 atom stereocenters. The number of carbonyl (C=O) groups excluding carboxylic acids is 1. The molecule has 0 amide bonds. The van der Waals surface area contributed by atoms with E-state index in [2.05, 4.69) is 10.3 Å². The summed E-state index contributed by atoms with van der Waals surface area (Å²) in [6.07, 6.45) is -2.92. The van der Waals surface area contributed by atoms with E-state index in [0.717, 1.165) is 17.8 Å². The Bertz CT molecular complexity index is 822. The highest BCUT2D eigenvalue weighted by Crippen LogP contribution is 2.41. The van der Waals surface area contributed by atoms with E-state index in [4.69, 9.17) is 11.6 Å². The van der Waals surface area contributed by atoms with E-state index in [1.165, 1.54) is 13.0 Å². The second kappa shape index (κ2) is 7.41. The quantitative estimate of drug-likeness (QED) is 0.509. The van der Waals surface area contributed by atoms with Crippen LogP contribution in [-0.2, 0) is 6.18 Å². The molecule has 1 N–H and O–H groups in total. The van der Waals surface area contributed by atoms with Gasteiger partial charge in [-0.2, -0.15) is 13.2 Å². The molecule has 2 rings (SSSR count). The van der Waals surface area contributed by atoms with E-state index in [1.807, 2.05) is 13.8 Å². The number of Topliss-reactive ketones (excluding diaryl/α,β-unsaturated/α-hetero) is 1. The average molecular weight is 391 g/mol. The van der Waals surface area contributed by atoms with Crippen LogP contribution in [0, 0.1) is 5.92 Å². The third-order valence-corrected chi connectivity index (χ3v) is 4.46. The van der Waals surface area contributed by atoms with Crippen LogP contribution in [-0.4, -0.2) is 23.6 Å². The van der Waals surface area contributed by atoms with Gasteiger partial charge in [-0.05, 0) is 31.2 Å². The van der Waals surface area contributed by atoms with Gasteiger partial charge in [0.25, 0.3) is 0 Å². The number of nitrogens with zero attached hydrogens (tertiary/aromatic N) is 1. The number of anilines is 1. The van der Waals surface area contributed by atoms with Gasteiger partial charge in [-0.15, -0.1) is 11.8 Å². The van der Waals surface area contributed by atoms with Crippen LogP contribution in [0.5, 0.6) is 0 Å². The van der Waals surface area contributed by atoms with Gasteiger partial charge in [-0.1, -0.05) is 25.4 Å². The molecule has 0 aliphatic heterocycles. The Morgan fingerprint density at radius 1 is 1.36 bits per heavy atom. The van der Waals surface area contributed by atoms with E-state index in [1.54, 1.807) is 6.26 Å². The molecule has 0 fully saturated rings. The number of benzene rings is 1. The maximum absolute atomic E-state index is 13.4. The van der Waals surface area contributed by atoms with Crippen LogP contribution in [0.15, 0.2) is 17.2 Å². The molecule has 0 bridgehead atoms. The molecule has 1 aromatic carbocycles. The number of nitrogens with one attached hydrogen (secondary N) is 1. The number of fused-ring (bicyclic) bond motifs is 1. The van der Waals surface area contributed by atoms with Crippen LogP contribution in [0.1, 0.15) is 36.7 Å². The zero-order valence-corrected chi connectivity index (χ0v) is 15.8. The van der Waals surface area contributed by atoms with Gasteiger partial charge in [0.05, 0.1) is 22.3 Å². The predicted molar refractivity (Wildman–Crippen MR) is 96.9 cm³/mol. The minimum Gasteiger partial charge on any atom is -0.384 e. The van der Waals surface area contributed by atoms with Crippen molar-refractivity contribution in [3.8, 4) is 0 Å². The predicted octanol–water partition coefficient (Wildman–Crippen LogP) is 5.90. The summed E-state index contributed by atoms with van der Waals surface area (Å²) in [5.74, 6) is -0.0273. The molecule has 136 valence electrons. The first-order chi connectivity index (χ1) is 11.6. The van der Waals surface area contributed by atoms with Crippen LogP contribution < -0.4 is 5.32 Å². The second-order valence-electron chi connectivity index (χ2n) is 6.05. The number of ketones is 1. The normalized spacial score (nSPS) is 12.0. The lowest BCUT2D eigenvalue weighted by atomic mass is 10.0. The Labute approximate surface area is 153 Å². The molecule has 3 nitrogen and oxygen atoms in total. The van der Waals surface area contributed by atoms with Gasteiger partial charge in [0.2, 0.25) is 0 Å². The van der Waals surface area contributed by atoms with Crippen molar-refractivity contribution in [2.75, 3.05) is 18.1 Å². The summed E-state index contributed by atoms with van der Waals surface area (Å²) in [5.41, 5.74) is -0.481. The monoisotopic (exact) mass is 390 g/mol. The molecule has 1 heterocycles. The number of rotatable bonds is 5. The van der Waals surface area contributed by atoms with Crippen molar-refractivity contribution in [1.82, 2.24) is 4.98 Å². The molecule has 0 saturated heterocycles. The molecule has 0 saturated carbocycles. The summed E-state index contributed by atoms with van der Waals surface area (Å²) < 4.78 is 40.3. The Balaban J connectivity index is 2.93. The van der Waals surface area contributed by atoms with E-state index in [0.29, 0.717) is 12.2 Å². The van der Waals surface area contributed by atoms with Gasteiger partial charge in [0, 0.05) is 17.0 Å². The lowest BCUT2D eigenvalue weighted by molar-refractivity contribution is -0.136.